The van der Waals surface area contributed by atoms with Gasteiger partial charge in [-0.15, -0.1) is 0 Å². The summed E-state index contributed by atoms with van der Waals surface area (Å²) in [7, 11) is 0. The molecule has 0 spiro atoms. The van der Waals surface area contributed by atoms with Gasteiger partial charge in [-0.1, -0.05) is 0 Å². The molecular formula is C13H17N5O3. The molecule has 3 rings (SSSR count). The number of ether oxygens (including phenoxy) is 1. The lowest BCUT2D eigenvalue weighted by Gasteiger charge is -2.14. The van der Waals surface area contributed by atoms with E-state index in [-0.39, 0.29) is 24.8 Å². The lowest BCUT2D eigenvalue weighted by molar-refractivity contribution is -0.0245. The van der Waals surface area contributed by atoms with Crippen LogP contribution in [0.4, 0.5) is 5.82 Å². The molecule has 21 heavy (non-hydrogen) atoms. The zero-order valence-electron chi connectivity index (χ0n) is 11.4. The van der Waals surface area contributed by atoms with Gasteiger partial charge in [-0.25, -0.2) is 14.8 Å². The van der Waals surface area contributed by atoms with Crippen LogP contribution in [0, 0.1) is 0 Å². The number of nitrogens with zero attached hydrogens (tertiary/aromatic N) is 4. The van der Waals surface area contributed by atoms with Gasteiger partial charge in [0.15, 0.2) is 0 Å². The van der Waals surface area contributed by atoms with Crippen LogP contribution in [-0.2, 0) is 4.74 Å². The quantitative estimate of drug-likeness (QED) is 0.798. The molecule has 0 aromatic carbocycles. The first-order valence-corrected chi connectivity index (χ1v) is 6.51. The highest BCUT2D eigenvalue weighted by molar-refractivity contribution is 5.23. The van der Waals surface area contributed by atoms with Gasteiger partial charge < -0.3 is 15.6 Å². The Morgan fingerprint density at radius 3 is 2.62 bits per heavy atom. The van der Waals surface area contributed by atoms with Crippen molar-refractivity contribution in [2.24, 2.45) is 0 Å². The van der Waals surface area contributed by atoms with Crippen LogP contribution < -0.4 is 11.4 Å². The van der Waals surface area contributed by atoms with Gasteiger partial charge in [-0.2, -0.15) is 4.98 Å². The van der Waals surface area contributed by atoms with Gasteiger partial charge in [-0.05, 0) is 25.0 Å². The molecule has 112 valence electrons. The summed E-state index contributed by atoms with van der Waals surface area (Å²) in [6.45, 7) is -0.0202. The summed E-state index contributed by atoms with van der Waals surface area (Å²) in [6, 6.07) is 3.33. The minimum Gasteiger partial charge on any atom is -0.394 e. The maximum atomic E-state index is 11.5. The average molecular weight is 291 g/mol. The first-order chi connectivity index (χ1) is 10.2. The Morgan fingerprint density at radius 2 is 2.14 bits per heavy atom. The zero-order valence-corrected chi connectivity index (χ0v) is 11.4. The topological polar surface area (TPSA) is 116 Å². The van der Waals surface area contributed by atoms with E-state index in [1.165, 1.54) is 10.9 Å². The fourth-order valence-electron chi connectivity index (χ4n) is 1.92. The van der Waals surface area contributed by atoms with Crippen molar-refractivity contribution in [2.45, 2.75) is 25.2 Å². The second-order valence-electron chi connectivity index (χ2n) is 4.42. The number of aromatic nitrogens is 4. The van der Waals surface area contributed by atoms with Gasteiger partial charge in [0.05, 0.1) is 12.7 Å². The van der Waals surface area contributed by atoms with E-state index in [1.807, 2.05) is 0 Å². The maximum Gasteiger partial charge on any atom is 0.351 e. The van der Waals surface area contributed by atoms with Crippen molar-refractivity contribution in [3.05, 3.63) is 47.5 Å². The van der Waals surface area contributed by atoms with Crippen molar-refractivity contribution in [2.75, 3.05) is 12.3 Å². The van der Waals surface area contributed by atoms with E-state index in [9.17, 15) is 4.79 Å². The molecule has 3 heterocycles. The molecule has 1 aliphatic rings. The molecule has 0 unspecified atom stereocenters. The molecule has 8 nitrogen and oxygen atoms in total. The highest BCUT2D eigenvalue weighted by Crippen LogP contribution is 2.26. The van der Waals surface area contributed by atoms with Crippen LogP contribution in [0.2, 0.25) is 0 Å². The molecule has 2 aromatic heterocycles. The van der Waals surface area contributed by atoms with Crippen molar-refractivity contribution in [3.63, 3.8) is 0 Å². The molecule has 0 saturated carbocycles. The summed E-state index contributed by atoms with van der Waals surface area (Å²) in [5, 5.41) is 8.90. The summed E-state index contributed by atoms with van der Waals surface area (Å²) in [4.78, 5) is 22.4. The van der Waals surface area contributed by atoms with E-state index >= 15 is 0 Å². The molecule has 0 bridgehead atoms. The van der Waals surface area contributed by atoms with E-state index in [4.69, 9.17) is 15.6 Å². The third-order valence-corrected chi connectivity index (χ3v) is 2.93. The van der Waals surface area contributed by atoms with Gasteiger partial charge >= 0.3 is 5.69 Å². The Labute approximate surface area is 121 Å². The fraction of sp³-hybridized carbons (Fsp3) is 0.385. The van der Waals surface area contributed by atoms with Gasteiger partial charge in [0, 0.05) is 18.6 Å². The van der Waals surface area contributed by atoms with E-state index in [0.29, 0.717) is 6.42 Å². The second-order valence-corrected chi connectivity index (χ2v) is 4.42. The van der Waals surface area contributed by atoms with Crippen LogP contribution in [0.15, 0.2) is 41.8 Å². The molecule has 0 aliphatic carbocycles. The molecule has 3 N–H and O–H groups in total. The summed E-state index contributed by atoms with van der Waals surface area (Å²) in [5.41, 5.74) is 4.96. The number of nitrogen functional groups attached to an aromatic ring is 1. The summed E-state index contributed by atoms with van der Waals surface area (Å²) < 4.78 is 6.84. The predicted octanol–water partition coefficient (Wildman–Crippen LogP) is -0.0280. The van der Waals surface area contributed by atoms with Crippen LogP contribution in [0.1, 0.15) is 19.1 Å². The number of hydrogen-bond acceptors (Lipinski definition) is 7. The third kappa shape index (κ3) is 4.33. The standard InChI is InChI=1S/C9H13N3O3.C4H4N2/c10-7-3-4-12(9(14)11-7)8-2-1-6(5-13)15-8;1-2-5-4-6-3-1/h3-4,6,8,13H,1-2,5H2,(H2,10,11,14);1-4H/t6-,8+;/m0./s1. The Hall–Kier alpha value is -2.32. The smallest absolute Gasteiger partial charge is 0.351 e. The number of aliphatic hydroxyl groups is 1. The van der Waals surface area contributed by atoms with Crippen LogP contribution in [0.25, 0.3) is 0 Å². The Bertz CT molecular complexity index is 578. The van der Waals surface area contributed by atoms with Crippen molar-refractivity contribution < 1.29 is 9.84 Å². The second kappa shape index (κ2) is 7.46. The van der Waals surface area contributed by atoms with Gasteiger partial charge in [-0.3, -0.25) is 4.57 Å². The van der Waals surface area contributed by atoms with Crippen molar-refractivity contribution >= 4 is 5.82 Å². The molecule has 1 fully saturated rings. The van der Waals surface area contributed by atoms with E-state index < -0.39 is 5.69 Å². The summed E-state index contributed by atoms with van der Waals surface area (Å²) in [6.07, 6.45) is 7.38. The SMILES string of the molecule is Nc1ccn([C@H]2CC[C@@H](CO)O2)c(=O)n1.c1cncnc1. The minimum atomic E-state index is -0.418. The van der Waals surface area contributed by atoms with Crippen LogP contribution in [0.3, 0.4) is 0 Å². The van der Waals surface area contributed by atoms with Gasteiger partial charge in [0.25, 0.3) is 0 Å². The van der Waals surface area contributed by atoms with Crippen molar-refractivity contribution in [1.29, 1.82) is 0 Å². The largest absolute Gasteiger partial charge is 0.394 e. The first-order valence-electron chi connectivity index (χ1n) is 6.51. The molecule has 8 heteroatoms. The van der Waals surface area contributed by atoms with Crippen LogP contribution >= 0.6 is 0 Å². The highest BCUT2D eigenvalue weighted by Gasteiger charge is 2.26. The summed E-state index contributed by atoms with van der Waals surface area (Å²) in [5.74, 6) is 0.202. The minimum absolute atomic E-state index is 0.0202. The highest BCUT2D eigenvalue weighted by atomic mass is 16.5. The van der Waals surface area contributed by atoms with Crippen molar-refractivity contribution in [1.82, 2.24) is 19.5 Å². The number of anilines is 1. The normalized spacial score (nSPS) is 20.6. The predicted molar refractivity (Wildman–Crippen MR) is 75.2 cm³/mol. The lowest BCUT2D eigenvalue weighted by Crippen LogP contribution is -2.27. The lowest BCUT2D eigenvalue weighted by atomic mass is 10.2. The molecule has 1 saturated heterocycles. The van der Waals surface area contributed by atoms with E-state index in [1.54, 1.807) is 30.7 Å². The first kappa shape index (κ1) is 15.1. The maximum absolute atomic E-state index is 11.5. The number of aliphatic hydroxyl groups excluding tert-OH is 1. The Kier molecular flexibility index (Phi) is 5.35. The van der Waals surface area contributed by atoms with E-state index in [2.05, 4.69) is 15.0 Å². The zero-order chi connectivity index (χ0) is 15.1. The average Bonchev–Trinajstić information content (AvgIpc) is 2.98. The number of rotatable bonds is 2. The molecule has 2 aromatic rings. The third-order valence-electron chi connectivity index (χ3n) is 2.93. The fourth-order valence-corrected chi connectivity index (χ4v) is 1.92. The molecule has 2 atom stereocenters. The number of nitrogens with two attached hydrogens (primary N) is 1. The van der Waals surface area contributed by atoms with Crippen molar-refractivity contribution in [3.8, 4) is 0 Å². The monoisotopic (exact) mass is 291 g/mol. The molecule has 1 aliphatic heterocycles. The van der Waals surface area contributed by atoms with Gasteiger partial charge in [0.2, 0.25) is 0 Å². The van der Waals surface area contributed by atoms with E-state index in [0.717, 1.165) is 6.42 Å². The molecule has 0 amide bonds. The van der Waals surface area contributed by atoms with Crippen LogP contribution in [0.5, 0.6) is 0 Å². The van der Waals surface area contributed by atoms with Crippen LogP contribution in [-0.4, -0.2) is 37.3 Å². The molecule has 0 radical (unpaired) electrons. The Morgan fingerprint density at radius 1 is 1.38 bits per heavy atom. The number of hydrogen-bond donors (Lipinski definition) is 2. The Balaban J connectivity index is 0.000000225. The molecular weight excluding hydrogens is 274 g/mol. The summed E-state index contributed by atoms with van der Waals surface area (Å²) >= 11 is 0. The van der Waals surface area contributed by atoms with Gasteiger partial charge in [0.1, 0.15) is 18.4 Å².